The molecule has 6 rings (SSSR count). The van der Waals surface area contributed by atoms with Crippen LogP contribution in [0.2, 0.25) is 5.02 Å². The molecule has 0 amide bonds. The molecular formula is C27H19Cl2N7O. The van der Waals surface area contributed by atoms with Crippen LogP contribution in [-0.2, 0) is 6.42 Å². The van der Waals surface area contributed by atoms with Crippen LogP contribution in [0.1, 0.15) is 41.5 Å². The van der Waals surface area contributed by atoms with Gasteiger partial charge < -0.3 is 4.57 Å². The van der Waals surface area contributed by atoms with E-state index in [1.54, 1.807) is 30.5 Å². The number of halogens is 2. The number of hydrogen-bond acceptors (Lipinski definition) is 6. The molecule has 5 heterocycles. The lowest BCUT2D eigenvalue weighted by atomic mass is 9.99. The van der Waals surface area contributed by atoms with E-state index in [1.807, 2.05) is 42.0 Å². The van der Waals surface area contributed by atoms with Gasteiger partial charge >= 0.3 is 0 Å². The Morgan fingerprint density at radius 2 is 1.97 bits per heavy atom. The molecule has 8 nitrogen and oxygen atoms in total. The third kappa shape index (κ3) is 4.16. The van der Waals surface area contributed by atoms with Crippen LogP contribution in [0.25, 0.3) is 22.4 Å². The highest BCUT2D eigenvalue weighted by molar-refractivity contribution is 6.35. The minimum absolute atomic E-state index is 0.124. The molecule has 4 aromatic rings. The van der Waals surface area contributed by atoms with Gasteiger partial charge in [-0.3, -0.25) is 9.78 Å². The maximum Gasteiger partial charge on any atom is 0.251 e. The third-order valence-electron chi connectivity index (χ3n) is 6.75. The van der Waals surface area contributed by atoms with E-state index in [0.29, 0.717) is 22.3 Å². The van der Waals surface area contributed by atoms with Crippen molar-refractivity contribution in [3.05, 3.63) is 98.0 Å². The molecule has 0 radical (unpaired) electrons. The van der Waals surface area contributed by atoms with Gasteiger partial charge in [-0.1, -0.05) is 34.5 Å². The van der Waals surface area contributed by atoms with Crippen molar-refractivity contribution in [3.8, 4) is 22.9 Å². The number of fused-ring (bicyclic) bond motifs is 1. The summed E-state index contributed by atoms with van der Waals surface area (Å²) >= 11 is 12.9. The smallest absolute Gasteiger partial charge is 0.251 e. The van der Waals surface area contributed by atoms with Crippen LogP contribution in [0.5, 0.6) is 0 Å². The van der Waals surface area contributed by atoms with Crippen molar-refractivity contribution in [2.45, 2.75) is 32.2 Å². The van der Waals surface area contributed by atoms with E-state index in [1.165, 1.54) is 4.68 Å². The average Bonchev–Trinajstić information content (AvgIpc) is 3.63. The van der Waals surface area contributed by atoms with Gasteiger partial charge in [-0.2, -0.15) is 5.26 Å². The van der Waals surface area contributed by atoms with Crippen molar-refractivity contribution in [1.29, 1.82) is 5.26 Å². The predicted octanol–water partition coefficient (Wildman–Crippen LogP) is 5.26. The molecule has 2 aliphatic rings. The molecule has 0 spiro atoms. The molecule has 2 aliphatic heterocycles. The highest BCUT2D eigenvalue weighted by Crippen LogP contribution is 2.38. The fourth-order valence-corrected chi connectivity index (χ4v) is 5.44. The Balaban J connectivity index is 1.35. The first-order valence-corrected chi connectivity index (χ1v) is 12.4. The molecule has 0 fully saturated rings. The second-order valence-corrected chi connectivity index (χ2v) is 9.85. The largest absolute Gasteiger partial charge is 0.304 e. The molecule has 0 unspecified atom stereocenters. The Kier molecular flexibility index (Phi) is 5.75. The molecule has 0 N–H and O–H groups in total. The van der Waals surface area contributed by atoms with Crippen molar-refractivity contribution in [1.82, 2.24) is 24.5 Å². The summed E-state index contributed by atoms with van der Waals surface area (Å²) in [4.78, 5) is 22.5. The second kappa shape index (κ2) is 9.11. The van der Waals surface area contributed by atoms with Crippen molar-refractivity contribution < 1.29 is 0 Å². The van der Waals surface area contributed by atoms with Gasteiger partial charge in [0.1, 0.15) is 11.2 Å². The number of pyridine rings is 2. The standard InChI is InChI=1S/C27H19Cl2N7O/c1-15-2-3-16(13-31-15)22-11-23(32-27(22)29)25-7-5-20-8-17(9-26(37)36(20)25)21-10-18(28)4-6-24(21)35-14-19(12-30)33-34-35/h2-4,6,8-10,13-14,25H,5,7,11H2,1H3/t25-/m0/s1. The lowest BCUT2D eigenvalue weighted by Gasteiger charge is -2.17. The van der Waals surface area contributed by atoms with Gasteiger partial charge in [-0.15, -0.1) is 5.10 Å². The van der Waals surface area contributed by atoms with Gasteiger partial charge in [0, 0.05) is 51.9 Å². The number of allylic oxidation sites excluding steroid dienone is 1. The van der Waals surface area contributed by atoms with Crippen LogP contribution in [0, 0.1) is 18.3 Å². The number of aryl methyl sites for hydroxylation is 2. The summed E-state index contributed by atoms with van der Waals surface area (Å²) in [6.45, 7) is 1.94. The molecule has 0 saturated carbocycles. The summed E-state index contributed by atoms with van der Waals surface area (Å²) in [6.07, 6.45) is 5.42. The van der Waals surface area contributed by atoms with E-state index in [-0.39, 0.29) is 17.3 Å². The van der Waals surface area contributed by atoms with Gasteiger partial charge in [0.05, 0.1) is 17.9 Å². The Bertz CT molecular complexity index is 1720. The van der Waals surface area contributed by atoms with Gasteiger partial charge in [0.25, 0.3) is 5.56 Å². The van der Waals surface area contributed by atoms with E-state index >= 15 is 0 Å². The molecular weight excluding hydrogens is 509 g/mol. The van der Waals surface area contributed by atoms with E-state index in [9.17, 15) is 4.79 Å². The lowest BCUT2D eigenvalue weighted by Crippen LogP contribution is -2.27. The fraction of sp³-hybridized carbons (Fsp3) is 0.185. The quantitative estimate of drug-likeness (QED) is 0.336. The van der Waals surface area contributed by atoms with Crippen molar-refractivity contribution >= 4 is 34.5 Å². The van der Waals surface area contributed by atoms with E-state index in [4.69, 9.17) is 28.5 Å². The number of hydrogen-bond donors (Lipinski definition) is 0. The molecule has 37 heavy (non-hydrogen) atoms. The van der Waals surface area contributed by atoms with Crippen molar-refractivity contribution in [2.24, 2.45) is 4.99 Å². The summed E-state index contributed by atoms with van der Waals surface area (Å²) < 4.78 is 3.33. The SMILES string of the molecule is Cc1ccc(C2=C(Cl)N=C([C@@H]3CCc4cc(-c5cc(Cl)ccc5-n5cc(C#N)nn5)cc(=O)n43)C2)cn1. The maximum absolute atomic E-state index is 13.5. The van der Waals surface area contributed by atoms with E-state index in [0.717, 1.165) is 52.2 Å². The van der Waals surface area contributed by atoms with Gasteiger partial charge in [-0.25, -0.2) is 9.67 Å². The van der Waals surface area contributed by atoms with Crippen LogP contribution < -0.4 is 5.56 Å². The van der Waals surface area contributed by atoms with Crippen molar-refractivity contribution in [3.63, 3.8) is 0 Å². The summed E-state index contributed by atoms with van der Waals surface area (Å²) in [7, 11) is 0. The first-order chi connectivity index (χ1) is 17.9. The van der Waals surface area contributed by atoms with Gasteiger partial charge in [0.15, 0.2) is 5.69 Å². The second-order valence-electron chi connectivity index (χ2n) is 9.06. The van der Waals surface area contributed by atoms with Crippen molar-refractivity contribution in [2.75, 3.05) is 0 Å². The first-order valence-electron chi connectivity index (χ1n) is 11.7. The zero-order valence-corrected chi connectivity index (χ0v) is 21.2. The number of rotatable bonds is 4. The minimum Gasteiger partial charge on any atom is -0.304 e. The number of aliphatic imine (C=N–C) groups is 1. The van der Waals surface area contributed by atoms with Crippen LogP contribution in [-0.4, -0.2) is 30.3 Å². The van der Waals surface area contributed by atoms with E-state index in [2.05, 4.69) is 20.3 Å². The molecule has 1 atom stereocenters. The molecule has 1 aromatic carbocycles. The van der Waals surface area contributed by atoms with E-state index < -0.39 is 0 Å². The Hall–Kier alpha value is -4.06. The zero-order valence-electron chi connectivity index (χ0n) is 19.7. The summed E-state index contributed by atoms with van der Waals surface area (Å²) in [5.41, 5.74) is 6.79. The molecule has 3 aromatic heterocycles. The van der Waals surface area contributed by atoms with Crippen LogP contribution >= 0.6 is 23.2 Å². The monoisotopic (exact) mass is 527 g/mol. The van der Waals surface area contributed by atoms with Gasteiger partial charge in [-0.05, 0) is 61.2 Å². The normalized spacial score (nSPS) is 16.6. The molecule has 0 bridgehead atoms. The lowest BCUT2D eigenvalue weighted by molar-refractivity contribution is 0.651. The Morgan fingerprint density at radius 3 is 2.73 bits per heavy atom. The number of aromatic nitrogens is 5. The summed E-state index contributed by atoms with van der Waals surface area (Å²) in [6, 6.07) is 14.7. The Morgan fingerprint density at radius 1 is 1.11 bits per heavy atom. The third-order valence-corrected chi connectivity index (χ3v) is 7.30. The van der Waals surface area contributed by atoms with Gasteiger partial charge in [0.2, 0.25) is 0 Å². The zero-order chi connectivity index (χ0) is 25.7. The molecule has 182 valence electrons. The highest BCUT2D eigenvalue weighted by atomic mass is 35.5. The first kappa shape index (κ1) is 23.3. The Labute approximate surface area is 222 Å². The molecule has 10 heteroatoms. The number of nitrogens with zero attached hydrogens (tertiary/aromatic N) is 7. The predicted molar refractivity (Wildman–Crippen MR) is 142 cm³/mol. The minimum atomic E-state index is -0.159. The number of benzene rings is 1. The molecule has 0 saturated heterocycles. The number of nitriles is 1. The summed E-state index contributed by atoms with van der Waals surface area (Å²) in [5.74, 6) is 0. The van der Waals surface area contributed by atoms with Crippen LogP contribution in [0.4, 0.5) is 0 Å². The van der Waals surface area contributed by atoms with Crippen LogP contribution in [0.15, 0.2) is 69.8 Å². The molecule has 0 aliphatic carbocycles. The fourth-order valence-electron chi connectivity index (χ4n) is 4.99. The topological polar surface area (TPSA) is 102 Å². The average molecular weight is 528 g/mol. The maximum atomic E-state index is 13.5. The highest BCUT2D eigenvalue weighted by Gasteiger charge is 2.32. The van der Waals surface area contributed by atoms with Crippen LogP contribution in [0.3, 0.4) is 0 Å². The summed E-state index contributed by atoms with van der Waals surface area (Å²) in [5, 5.41) is 18.0.